The molecule has 1 rings (SSSR count). The first-order valence-electron chi connectivity index (χ1n) is 5.20. The lowest BCUT2D eigenvalue weighted by molar-refractivity contribution is 0.402. The van der Waals surface area contributed by atoms with Gasteiger partial charge in [-0.1, -0.05) is 19.1 Å². The van der Waals surface area contributed by atoms with Crippen LogP contribution in [0.3, 0.4) is 0 Å². The Morgan fingerprint density at radius 1 is 1.29 bits per heavy atom. The van der Waals surface area contributed by atoms with E-state index in [9.17, 15) is 0 Å². The van der Waals surface area contributed by atoms with Crippen molar-refractivity contribution >= 4 is 5.69 Å². The van der Waals surface area contributed by atoms with Gasteiger partial charge in [-0.15, -0.1) is 0 Å². The van der Waals surface area contributed by atoms with Crippen LogP contribution in [-0.2, 0) is 6.54 Å². The maximum absolute atomic E-state index is 3.39. The molecule has 0 amide bonds. The maximum Gasteiger partial charge on any atom is 0.0343 e. The van der Waals surface area contributed by atoms with Crippen molar-refractivity contribution in [1.29, 1.82) is 0 Å². The van der Waals surface area contributed by atoms with Gasteiger partial charge in [0.05, 0.1) is 0 Å². The molecule has 0 fully saturated rings. The van der Waals surface area contributed by atoms with Crippen molar-refractivity contribution in [1.82, 2.24) is 4.90 Å². The predicted molar refractivity (Wildman–Crippen MR) is 62.6 cm³/mol. The van der Waals surface area contributed by atoms with Crippen LogP contribution < -0.4 is 5.32 Å². The van der Waals surface area contributed by atoms with E-state index in [1.807, 2.05) is 0 Å². The van der Waals surface area contributed by atoms with Crippen molar-refractivity contribution in [3.63, 3.8) is 0 Å². The third-order valence-electron chi connectivity index (χ3n) is 2.00. The summed E-state index contributed by atoms with van der Waals surface area (Å²) < 4.78 is 0. The molecule has 14 heavy (non-hydrogen) atoms. The molecular formula is C12H20N2. The number of nitrogens with zero attached hydrogens (tertiary/aromatic N) is 1. The van der Waals surface area contributed by atoms with Crippen LogP contribution >= 0.6 is 0 Å². The Kier molecular flexibility index (Phi) is 4.47. The lowest BCUT2D eigenvalue weighted by Crippen LogP contribution is -2.10. The molecule has 0 heterocycles. The Balaban J connectivity index is 2.59. The van der Waals surface area contributed by atoms with E-state index < -0.39 is 0 Å². The molecule has 1 aromatic rings. The average Bonchev–Trinajstić information content (AvgIpc) is 2.14. The van der Waals surface area contributed by atoms with Crippen LogP contribution in [0.15, 0.2) is 24.3 Å². The highest BCUT2D eigenvalue weighted by Gasteiger charge is 1.96. The van der Waals surface area contributed by atoms with Crippen LogP contribution in [0.25, 0.3) is 0 Å². The number of rotatable bonds is 5. The first-order valence-corrected chi connectivity index (χ1v) is 5.20. The fraction of sp³-hybridized carbons (Fsp3) is 0.500. The van der Waals surface area contributed by atoms with Crippen LogP contribution in [0.5, 0.6) is 0 Å². The van der Waals surface area contributed by atoms with Gasteiger partial charge in [-0.05, 0) is 38.2 Å². The highest BCUT2D eigenvalue weighted by atomic mass is 15.0. The summed E-state index contributed by atoms with van der Waals surface area (Å²) in [6, 6.07) is 8.61. The van der Waals surface area contributed by atoms with Gasteiger partial charge in [0.1, 0.15) is 0 Å². The summed E-state index contributed by atoms with van der Waals surface area (Å²) in [5.41, 5.74) is 2.59. The van der Waals surface area contributed by atoms with Crippen LogP contribution in [0.2, 0.25) is 0 Å². The topological polar surface area (TPSA) is 15.3 Å². The van der Waals surface area contributed by atoms with Crippen LogP contribution in [0.4, 0.5) is 5.69 Å². The van der Waals surface area contributed by atoms with E-state index in [0.29, 0.717) is 0 Å². The second-order valence-corrected chi connectivity index (χ2v) is 3.86. The van der Waals surface area contributed by atoms with E-state index in [1.165, 1.54) is 11.3 Å². The molecule has 0 radical (unpaired) electrons. The van der Waals surface area contributed by atoms with Gasteiger partial charge in [0.25, 0.3) is 0 Å². The average molecular weight is 192 g/mol. The first kappa shape index (κ1) is 11.1. The number of hydrogen-bond acceptors (Lipinski definition) is 2. The van der Waals surface area contributed by atoms with E-state index in [4.69, 9.17) is 0 Å². The van der Waals surface area contributed by atoms with Crippen molar-refractivity contribution in [3.8, 4) is 0 Å². The Morgan fingerprint density at radius 3 is 2.71 bits per heavy atom. The third-order valence-corrected chi connectivity index (χ3v) is 2.00. The largest absolute Gasteiger partial charge is 0.385 e. The molecule has 2 nitrogen and oxygen atoms in total. The Hall–Kier alpha value is -1.02. The SMILES string of the molecule is CCCNc1cccc(CN(C)C)c1. The molecule has 0 saturated carbocycles. The zero-order chi connectivity index (χ0) is 10.4. The van der Waals surface area contributed by atoms with Crippen molar-refractivity contribution in [2.45, 2.75) is 19.9 Å². The van der Waals surface area contributed by atoms with Gasteiger partial charge in [-0.3, -0.25) is 0 Å². The fourth-order valence-corrected chi connectivity index (χ4v) is 1.41. The molecule has 0 aliphatic heterocycles. The second-order valence-electron chi connectivity index (χ2n) is 3.86. The molecule has 0 aromatic heterocycles. The van der Waals surface area contributed by atoms with Crippen LogP contribution in [-0.4, -0.2) is 25.5 Å². The Bertz CT molecular complexity index is 269. The van der Waals surface area contributed by atoms with Gasteiger partial charge in [-0.25, -0.2) is 0 Å². The molecule has 0 spiro atoms. The second kappa shape index (κ2) is 5.66. The molecule has 0 aliphatic carbocycles. The summed E-state index contributed by atoms with van der Waals surface area (Å²) in [6.07, 6.45) is 1.16. The van der Waals surface area contributed by atoms with Crippen molar-refractivity contribution in [2.24, 2.45) is 0 Å². The predicted octanol–water partition coefficient (Wildman–Crippen LogP) is 2.57. The highest BCUT2D eigenvalue weighted by Crippen LogP contribution is 2.11. The van der Waals surface area contributed by atoms with E-state index >= 15 is 0 Å². The number of hydrogen-bond donors (Lipinski definition) is 1. The molecule has 1 N–H and O–H groups in total. The zero-order valence-electron chi connectivity index (χ0n) is 9.38. The smallest absolute Gasteiger partial charge is 0.0343 e. The monoisotopic (exact) mass is 192 g/mol. The molecule has 0 bridgehead atoms. The fourth-order valence-electron chi connectivity index (χ4n) is 1.41. The van der Waals surface area contributed by atoms with Crippen molar-refractivity contribution < 1.29 is 0 Å². The summed E-state index contributed by atoms with van der Waals surface area (Å²) in [7, 11) is 4.18. The summed E-state index contributed by atoms with van der Waals surface area (Å²) >= 11 is 0. The molecule has 0 saturated heterocycles. The van der Waals surface area contributed by atoms with E-state index in [-0.39, 0.29) is 0 Å². The Labute approximate surface area is 86.9 Å². The van der Waals surface area contributed by atoms with Crippen LogP contribution in [0, 0.1) is 0 Å². The van der Waals surface area contributed by atoms with Gasteiger partial charge in [-0.2, -0.15) is 0 Å². The Morgan fingerprint density at radius 2 is 2.07 bits per heavy atom. The van der Waals surface area contributed by atoms with E-state index in [1.54, 1.807) is 0 Å². The molecule has 2 heteroatoms. The molecule has 78 valence electrons. The first-order chi connectivity index (χ1) is 6.72. The van der Waals surface area contributed by atoms with Gasteiger partial charge in [0.2, 0.25) is 0 Å². The normalized spacial score (nSPS) is 10.6. The molecule has 0 atom stereocenters. The zero-order valence-corrected chi connectivity index (χ0v) is 9.38. The quantitative estimate of drug-likeness (QED) is 0.771. The number of benzene rings is 1. The summed E-state index contributed by atoms with van der Waals surface area (Å²) in [4.78, 5) is 2.18. The summed E-state index contributed by atoms with van der Waals surface area (Å²) in [6.45, 7) is 4.23. The summed E-state index contributed by atoms with van der Waals surface area (Å²) in [5, 5.41) is 3.39. The van der Waals surface area contributed by atoms with Crippen molar-refractivity contribution in [2.75, 3.05) is 26.0 Å². The maximum atomic E-state index is 3.39. The third kappa shape index (κ3) is 3.79. The van der Waals surface area contributed by atoms with E-state index in [0.717, 1.165) is 19.5 Å². The minimum absolute atomic E-state index is 1.00. The minimum Gasteiger partial charge on any atom is -0.385 e. The van der Waals surface area contributed by atoms with Gasteiger partial charge in [0, 0.05) is 18.8 Å². The number of nitrogens with one attached hydrogen (secondary N) is 1. The number of anilines is 1. The molecular weight excluding hydrogens is 172 g/mol. The van der Waals surface area contributed by atoms with Crippen LogP contribution in [0.1, 0.15) is 18.9 Å². The van der Waals surface area contributed by atoms with Gasteiger partial charge < -0.3 is 10.2 Å². The van der Waals surface area contributed by atoms with Gasteiger partial charge >= 0.3 is 0 Å². The van der Waals surface area contributed by atoms with Crippen molar-refractivity contribution in [3.05, 3.63) is 29.8 Å². The molecule has 1 aromatic carbocycles. The van der Waals surface area contributed by atoms with E-state index in [2.05, 4.69) is 55.5 Å². The summed E-state index contributed by atoms with van der Waals surface area (Å²) in [5.74, 6) is 0. The molecule has 0 aliphatic rings. The van der Waals surface area contributed by atoms with Gasteiger partial charge in [0.15, 0.2) is 0 Å². The molecule has 0 unspecified atom stereocenters. The lowest BCUT2D eigenvalue weighted by atomic mass is 10.2. The standard InChI is InChI=1S/C12H20N2/c1-4-8-13-12-7-5-6-11(9-12)10-14(2)3/h5-7,9,13H,4,8,10H2,1-3H3. The highest BCUT2D eigenvalue weighted by molar-refractivity contribution is 5.45. The lowest BCUT2D eigenvalue weighted by Gasteiger charge is -2.11. The minimum atomic E-state index is 1.00.